The number of rotatable bonds is 11. The van der Waals surface area contributed by atoms with Crippen LogP contribution in [-0.2, 0) is 25.8 Å². The lowest BCUT2D eigenvalue weighted by Crippen LogP contribution is -2.71. The van der Waals surface area contributed by atoms with Crippen molar-refractivity contribution in [3.8, 4) is 11.5 Å². The van der Waals surface area contributed by atoms with E-state index in [1.807, 2.05) is 0 Å². The Balaban J connectivity index is 1.16. The number of oxime groups is 1. The van der Waals surface area contributed by atoms with E-state index in [0.717, 1.165) is 33.4 Å². The quantitative estimate of drug-likeness (QED) is 0.0687. The predicted molar refractivity (Wildman–Crippen MR) is 181 cm³/mol. The number of amides is 3. The number of hydrazine groups is 2. The van der Waals surface area contributed by atoms with E-state index < -0.39 is 70.6 Å². The van der Waals surface area contributed by atoms with Crippen molar-refractivity contribution in [2.45, 2.75) is 24.9 Å². The van der Waals surface area contributed by atoms with E-state index >= 15 is 0 Å². The second-order valence-corrected chi connectivity index (χ2v) is 13.8. The summed E-state index contributed by atoms with van der Waals surface area (Å²) in [5, 5.41) is 58.3. The fourth-order valence-corrected chi connectivity index (χ4v) is 8.23. The summed E-state index contributed by atoms with van der Waals surface area (Å²) in [5.74, 6) is -5.05. The van der Waals surface area contributed by atoms with Crippen LogP contribution >= 0.6 is 34.9 Å². The van der Waals surface area contributed by atoms with Crippen LogP contribution in [0.25, 0.3) is 0 Å². The van der Waals surface area contributed by atoms with Crippen LogP contribution in [-0.4, -0.2) is 110 Å². The standard InChI is InChI=1S/C28H25N9O11S3/c1-10-2-18(37-17(30-10)5-35(34-37)28(46)47)49-7-12-8-50-24-20(23(41)36(24)21(12)26(44)45)32-22(40)19(14-9-51-27(29)31-14)33-48-6-11-3-15(38)16(39)4-13(11)25(42)43/h2-5,9,20,24,34,38-39H,6-8H2,1H3,(H2,29,31)(H,32,40)(H,42,43)(H,44,45)(H,46,47)/t20-,24-/m1/s1. The molecule has 0 bridgehead atoms. The number of phenols is 2. The second-order valence-electron chi connectivity index (χ2n) is 10.8. The zero-order chi connectivity index (χ0) is 36.7. The van der Waals surface area contributed by atoms with Crippen molar-refractivity contribution >= 4 is 81.3 Å². The number of thiazole rings is 1. The molecule has 6 rings (SSSR count). The van der Waals surface area contributed by atoms with Crippen LogP contribution in [0.2, 0.25) is 0 Å². The summed E-state index contributed by atoms with van der Waals surface area (Å²) in [6.07, 6.45) is 1.72. The fraction of sp³-hybridized carbons (Fsp3) is 0.214. The minimum absolute atomic E-state index is 0.0263. The van der Waals surface area contributed by atoms with Crippen molar-refractivity contribution in [3.63, 3.8) is 0 Å². The lowest BCUT2D eigenvalue weighted by atomic mass is 10.0. The number of nitrogens with two attached hydrogens (primary N) is 1. The predicted octanol–water partition coefficient (Wildman–Crippen LogP) is 1.06. The smallest absolute Gasteiger partial charge is 0.427 e. The van der Waals surface area contributed by atoms with Gasteiger partial charge in [-0.25, -0.2) is 29.4 Å². The third-order valence-electron chi connectivity index (χ3n) is 7.45. The fourth-order valence-electron chi connectivity index (χ4n) is 5.13. The van der Waals surface area contributed by atoms with Gasteiger partial charge >= 0.3 is 18.0 Å². The number of carboxylic acids is 2. The first-order valence-electron chi connectivity index (χ1n) is 14.3. The number of fused-ring (bicyclic) bond motifs is 2. The Hall–Kier alpha value is -5.78. The number of β-lactam (4-membered cyclic amide) rings is 1. The minimum atomic E-state index is -1.43. The number of nitrogens with one attached hydrogen (secondary N) is 2. The number of aliphatic imine (C=N–C) groups is 1. The molecule has 2 atom stereocenters. The number of benzene rings is 1. The van der Waals surface area contributed by atoms with Crippen LogP contribution in [0.3, 0.4) is 0 Å². The summed E-state index contributed by atoms with van der Waals surface area (Å²) in [5.41, 5.74) is 8.25. The van der Waals surface area contributed by atoms with Gasteiger partial charge in [-0.1, -0.05) is 5.16 Å². The second kappa shape index (κ2) is 13.9. The first-order valence-corrected chi connectivity index (χ1v) is 17.3. The molecular weight excluding hydrogens is 735 g/mol. The van der Waals surface area contributed by atoms with E-state index in [2.05, 4.69) is 26.0 Å². The Morgan fingerprint density at radius 3 is 2.59 bits per heavy atom. The number of anilines is 1. The maximum absolute atomic E-state index is 13.5. The summed E-state index contributed by atoms with van der Waals surface area (Å²) in [7, 11) is 0. The largest absolute Gasteiger partial charge is 0.504 e. The molecule has 0 unspecified atom stereocenters. The molecule has 1 aromatic carbocycles. The summed E-state index contributed by atoms with van der Waals surface area (Å²) >= 11 is 3.41. The number of carbonyl (C=O) groups excluding carboxylic acids is 2. The number of carboxylic acid groups (broad SMARTS) is 3. The van der Waals surface area contributed by atoms with E-state index in [1.54, 1.807) is 13.0 Å². The SMILES string of the molecule is CC1=NC2=CN(C(=O)O)NN2C(SCC2=C(C(=O)O)N3C(=O)[C@@H](NC(=O)C(=NOCc4cc(O)c(O)cc4C(=O)O)c4csc(N)n4)[C@H]3SC2)=C1. The Morgan fingerprint density at radius 2 is 1.92 bits per heavy atom. The van der Waals surface area contributed by atoms with Crippen molar-refractivity contribution in [2.75, 3.05) is 17.2 Å². The van der Waals surface area contributed by atoms with Crippen LogP contribution in [0.1, 0.15) is 28.5 Å². The third-order valence-corrected chi connectivity index (χ3v) is 10.6. The van der Waals surface area contributed by atoms with Crippen LogP contribution in [0.15, 0.2) is 62.1 Å². The molecule has 1 saturated heterocycles. The van der Waals surface area contributed by atoms with Gasteiger partial charge in [-0.2, -0.15) is 5.01 Å². The van der Waals surface area contributed by atoms with Gasteiger partial charge in [0.2, 0.25) is 0 Å². The monoisotopic (exact) mass is 759 g/mol. The first kappa shape index (κ1) is 35.1. The molecule has 2 aromatic rings. The topological polar surface area (TPSA) is 293 Å². The Labute approximate surface area is 298 Å². The first-order chi connectivity index (χ1) is 24.2. The van der Waals surface area contributed by atoms with Crippen LogP contribution in [0, 0.1) is 0 Å². The van der Waals surface area contributed by atoms with Crippen molar-refractivity contribution in [2.24, 2.45) is 10.1 Å². The molecule has 20 nitrogen and oxygen atoms in total. The summed E-state index contributed by atoms with van der Waals surface area (Å²) in [4.78, 5) is 77.1. The number of nitrogen functional groups attached to an aromatic ring is 1. The lowest BCUT2D eigenvalue weighted by Gasteiger charge is -2.49. The highest BCUT2D eigenvalue weighted by atomic mass is 32.2. The molecule has 4 aliphatic rings. The molecule has 0 radical (unpaired) electrons. The van der Waals surface area contributed by atoms with Crippen LogP contribution in [0.4, 0.5) is 9.93 Å². The lowest BCUT2D eigenvalue weighted by molar-refractivity contribution is -0.150. The van der Waals surface area contributed by atoms with Crippen molar-refractivity contribution in [1.82, 2.24) is 30.8 Å². The number of hydrogen-bond donors (Lipinski definition) is 8. The number of aliphatic carboxylic acids is 1. The van der Waals surface area contributed by atoms with E-state index in [1.165, 1.54) is 40.1 Å². The van der Waals surface area contributed by atoms with Gasteiger partial charge in [0.15, 0.2) is 28.2 Å². The molecule has 51 heavy (non-hydrogen) atoms. The molecule has 1 aromatic heterocycles. The molecule has 5 heterocycles. The van der Waals surface area contributed by atoms with E-state index in [4.69, 9.17) is 10.6 Å². The third kappa shape index (κ3) is 6.86. The molecule has 266 valence electrons. The van der Waals surface area contributed by atoms with Crippen molar-refractivity contribution in [3.05, 3.63) is 68.7 Å². The summed E-state index contributed by atoms with van der Waals surface area (Å²) in [6, 6.07) is 0.621. The van der Waals surface area contributed by atoms with E-state index in [9.17, 15) is 49.5 Å². The molecule has 0 aliphatic carbocycles. The van der Waals surface area contributed by atoms with E-state index in [0.29, 0.717) is 22.1 Å². The molecule has 9 N–H and O–H groups in total. The zero-order valence-corrected chi connectivity index (χ0v) is 28.3. The minimum Gasteiger partial charge on any atom is -0.504 e. The normalized spacial score (nSPS) is 19.8. The average Bonchev–Trinajstić information content (AvgIpc) is 3.71. The van der Waals surface area contributed by atoms with Gasteiger partial charge in [0.05, 0.1) is 16.8 Å². The van der Waals surface area contributed by atoms with Gasteiger partial charge < -0.3 is 41.4 Å². The maximum atomic E-state index is 13.5. The van der Waals surface area contributed by atoms with Crippen molar-refractivity contribution in [1.29, 1.82) is 0 Å². The molecule has 23 heteroatoms. The maximum Gasteiger partial charge on any atom is 0.427 e. The molecule has 0 saturated carbocycles. The van der Waals surface area contributed by atoms with Crippen molar-refractivity contribution < 1.29 is 54.3 Å². The number of thioether (sulfide) groups is 2. The molecule has 0 spiro atoms. The van der Waals surface area contributed by atoms with Gasteiger partial charge in [-0.05, 0) is 30.7 Å². The highest BCUT2D eigenvalue weighted by Gasteiger charge is 2.54. The van der Waals surface area contributed by atoms with E-state index in [-0.39, 0.29) is 33.6 Å². The Bertz CT molecular complexity index is 2040. The van der Waals surface area contributed by atoms with Gasteiger partial charge in [0.1, 0.15) is 29.4 Å². The number of aromatic hydroxyl groups is 2. The number of phenolic OH excluding ortho intramolecular Hbond substituents is 2. The molecule has 1 fully saturated rings. The number of aromatic nitrogens is 1. The number of allylic oxidation sites excluding steroid dienone is 1. The van der Waals surface area contributed by atoms with Gasteiger partial charge in [0, 0.05) is 28.2 Å². The Kier molecular flexibility index (Phi) is 9.52. The summed E-state index contributed by atoms with van der Waals surface area (Å²) in [6.45, 7) is 1.17. The van der Waals surface area contributed by atoms with Crippen LogP contribution in [0.5, 0.6) is 11.5 Å². The highest BCUT2D eigenvalue weighted by Crippen LogP contribution is 2.42. The molecule has 3 amide bonds. The van der Waals surface area contributed by atoms with Gasteiger partial charge in [-0.3, -0.25) is 14.5 Å². The molecule has 4 aliphatic heterocycles. The van der Waals surface area contributed by atoms with Gasteiger partial charge in [-0.15, -0.1) is 40.4 Å². The number of hydrogen-bond acceptors (Lipinski definition) is 17. The number of nitrogens with zero attached hydrogens (tertiary/aromatic N) is 6. The van der Waals surface area contributed by atoms with Gasteiger partial charge in [0.25, 0.3) is 11.8 Å². The highest BCUT2D eigenvalue weighted by molar-refractivity contribution is 8.03. The number of carbonyl (C=O) groups is 5. The summed E-state index contributed by atoms with van der Waals surface area (Å²) < 4.78 is 0. The number of aromatic carboxylic acids is 1. The zero-order valence-electron chi connectivity index (χ0n) is 25.8. The average molecular weight is 760 g/mol. The molecular formula is C28H25N9O11S3. The Morgan fingerprint density at radius 1 is 1.18 bits per heavy atom. The van der Waals surface area contributed by atoms with Crippen LogP contribution < -0.4 is 16.6 Å².